The number of benzene rings is 2. The Kier molecular flexibility index (Phi) is 4.62. The first kappa shape index (κ1) is 15.2. The van der Waals surface area contributed by atoms with Gasteiger partial charge in [-0.05, 0) is 37.1 Å². The Bertz CT molecular complexity index is 706. The molecule has 0 bridgehead atoms. The van der Waals surface area contributed by atoms with Gasteiger partial charge in [0, 0.05) is 4.47 Å². The van der Waals surface area contributed by atoms with Crippen LogP contribution in [0.3, 0.4) is 0 Å². The molecule has 2 aromatic carbocycles. The van der Waals surface area contributed by atoms with E-state index in [1.165, 1.54) is 0 Å². The van der Waals surface area contributed by atoms with Gasteiger partial charge in [0.05, 0.1) is 11.5 Å². The van der Waals surface area contributed by atoms with Gasteiger partial charge in [-0.2, -0.15) is 8.42 Å². The van der Waals surface area contributed by atoms with Crippen LogP contribution in [0.2, 0.25) is 0 Å². The van der Waals surface area contributed by atoms with E-state index >= 15 is 0 Å². The van der Waals surface area contributed by atoms with Crippen LogP contribution in [0.5, 0.6) is 0 Å². The average Bonchev–Trinajstić information content (AvgIpc) is 2.41. The molecule has 0 radical (unpaired) electrons. The molecular weight excluding hydrogens is 340 g/mol. The summed E-state index contributed by atoms with van der Waals surface area (Å²) in [6, 6.07) is 12.3. The second-order valence-corrected chi connectivity index (χ2v) is 6.99. The molecule has 0 atom stereocenters. The lowest BCUT2D eigenvalue weighted by Crippen LogP contribution is -2.07. The van der Waals surface area contributed by atoms with Crippen molar-refractivity contribution < 1.29 is 12.6 Å². The summed E-state index contributed by atoms with van der Waals surface area (Å²) in [5.41, 5.74) is 2.85. The number of halogens is 1. The van der Waals surface area contributed by atoms with Crippen LogP contribution in [0.15, 0.2) is 51.8 Å². The summed E-state index contributed by atoms with van der Waals surface area (Å²) >= 11 is 3.44. The van der Waals surface area contributed by atoms with Gasteiger partial charge in [0.1, 0.15) is 0 Å². The predicted molar refractivity (Wildman–Crippen MR) is 82.0 cm³/mol. The molecule has 0 aromatic heterocycles. The van der Waals surface area contributed by atoms with Gasteiger partial charge in [-0.3, -0.25) is 4.18 Å². The third-order valence-electron chi connectivity index (χ3n) is 2.95. The van der Waals surface area contributed by atoms with Gasteiger partial charge in [0.2, 0.25) is 0 Å². The Labute approximate surface area is 127 Å². The second-order valence-electron chi connectivity index (χ2n) is 4.58. The normalized spacial score (nSPS) is 11.6. The largest absolute Gasteiger partial charge is 0.297 e. The predicted octanol–water partition coefficient (Wildman–Crippen LogP) is 3.97. The molecule has 0 aliphatic carbocycles. The minimum Gasteiger partial charge on any atom is -0.262 e. The van der Waals surface area contributed by atoms with E-state index in [-0.39, 0.29) is 11.5 Å². The van der Waals surface area contributed by atoms with Crippen molar-refractivity contribution >= 4 is 26.0 Å². The lowest BCUT2D eigenvalue weighted by molar-refractivity contribution is 0.307. The van der Waals surface area contributed by atoms with Crippen molar-refractivity contribution in [2.24, 2.45) is 0 Å². The van der Waals surface area contributed by atoms with Crippen molar-refractivity contribution in [1.29, 1.82) is 0 Å². The van der Waals surface area contributed by atoms with Crippen molar-refractivity contribution in [2.45, 2.75) is 25.3 Å². The number of hydrogen-bond donors (Lipinski definition) is 0. The van der Waals surface area contributed by atoms with Crippen LogP contribution in [-0.4, -0.2) is 8.42 Å². The molecule has 2 aromatic rings. The molecule has 0 saturated carbocycles. The van der Waals surface area contributed by atoms with Gasteiger partial charge in [-0.1, -0.05) is 51.8 Å². The summed E-state index contributed by atoms with van der Waals surface area (Å²) in [6.45, 7) is 3.86. The van der Waals surface area contributed by atoms with E-state index in [1.807, 2.05) is 32.0 Å². The molecule has 0 fully saturated rings. The highest BCUT2D eigenvalue weighted by Gasteiger charge is 2.15. The first-order chi connectivity index (χ1) is 9.40. The first-order valence-electron chi connectivity index (χ1n) is 6.10. The molecular formula is C15H15BrO3S. The second kappa shape index (κ2) is 6.08. The fraction of sp³-hybridized carbons (Fsp3) is 0.200. The molecule has 0 aliphatic rings. The molecule has 0 heterocycles. The van der Waals surface area contributed by atoms with E-state index in [0.717, 1.165) is 21.2 Å². The van der Waals surface area contributed by atoms with Crippen LogP contribution in [0.4, 0.5) is 0 Å². The van der Waals surface area contributed by atoms with Crippen molar-refractivity contribution in [3.05, 3.63) is 63.6 Å². The fourth-order valence-corrected chi connectivity index (χ4v) is 3.00. The summed E-state index contributed by atoms with van der Waals surface area (Å²) in [7, 11) is -3.73. The molecule has 0 unspecified atom stereocenters. The number of aryl methyl sites for hydroxylation is 2. The van der Waals surface area contributed by atoms with E-state index in [1.54, 1.807) is 24.3 Å². The molecule has 5 heteroatoms. The van der Waals surface area contributed by atoms with Crippen LogP contribution < -0.4 is 0 Å². The number of hydrogen-bond acceptors (Lipinski definition) is 3. The first-order valence-corrected chi connectivity index (χ1v) is 8.30. The summed E-state index contributed by atoms with van der Waals surface area (Å²) in [5, 5.41) is 0. The van der Waals surface area contributed by atoms with Gasteiger partial charge in [0.15, 0.2) is 0 Å². The molecule has 106 valence electrons. The lowest BCUT2D eigenvalue weighted by Gasteiger charge is -2.09. The quantitative estimate of drug-likeness (QED) is 0.780. The van der Waals surface area contributed by atoms with Gasteiger partial charge in [-0.25, -0.2) is 0 Å². The monoisotopic (exact) mass is 354 g/mol. The van der Waals surface area contributed by atoms with Gasteiger partial charge >= 0.3 is 0 Å². The lowest BCUT2D eigenvalue weighted by atomic mass is 10.1. The zero-order valence-electron chi connectivity index (χ0n) is 11.3. The zero-order chi connectivity index (χ0) is 14.8. The Morgan fingerprint density at radius 3 is 2.35 bits per heavy atom. The molecule has 0 amide bonds. The highest BCUT2D eigenvalue weighted by Crippen LogP contribution is 2.23. The van der Waals surface area contributed by atoms with Crippen molar-refractivity contribution in [3.63, 3.8) is 0 Å². The average molecular weight is 355 g/mol. The molecule has 0 saturated heterocycles. The molecule has 20 heavy (non-hydrogen) atoms. The Morgan fingerprint density at radius 1 is 1.05 bits per heavy atom. The maximum atomic E-state index is 12.1. The molecule has 2 rings (SSSR count). The van der Waals surface area contributed by atoms with Crippen molar-refractivity contribution in [1.82, 2.24) is 0 Å². The summed E-state index contributed by atoms with van der Waals surface area (Å²) in [4.78, 5) is 0.173. The Balaban J connectivity index is 2.17. The summed E-state index contributed by atoms with van der Waals surface area (Å²) < 4.78 is 30.1. The Morgan fingerprint density at radius 2 is 1.70 bits per heavy atom. The third-order valence-corrected chi connectivity index (χ3v) is 5.36. The maximum Gasteiger partial charge on any atom is 0.297 e. The smallest absolute Gasteiger partial charge is 0.262 e. The molecule has 0 aliphatic heterocycles. The fourth-order valence-electron chi connectivity index (χ4n) is 1.73. The van der Waals surface area contributed by atoms with Gasteiger partial charge < -0.3 is 0 Å². The van der Waals surface area contributed by atoms with Crippen LogP contribution in [0.25, 0.3) is 0 Å². The van der Waals surface area contributed by atoms with E-state index in [4.69, 9.17) is 4.18 Å². The van der Waals surface area contributed by atoms with Gasteiger partial charge in [0.25, 0.3) is 10.1 Å². The van der Waals surface area contributed by atoms with Crippen LogP contribution >= 0.6 is 15.9 Å². The topological polar surface area (TPSA) is 43.4 Å². The van der Waals surface area contributed by atoms with Crippen molar-refractivity contribution in [2.75, 3.05) is 0 Å². The summed E-state index contributed by atoms with van der Waals surface area (Å²) in [5.74, 6) is 0. The van der Waals surface area contributed by atoms with Crippen molar-refractivity contribution in [3.8, 4) is 0 Å². The standard InChI is InChI=1S/C15H15BrO3S/c1-11-6-8-14(9-7-11)20(17,18)19-10-13-5-3-4-12(2)15(13)16/h3-9H,10H2,1-2H3. The van der Waals surface area contributed by atoms with Crippen LogP contribution in [-0.2, 0) is 20.9 Å². The van der Waals surface area contributed by atoms with Crippen LogP contribution in [0.1, 0.15) is 16.7 Å². The highest BCUT2D eigenvalue weighted by molar-refractivity contribution is 9.10. The van der Waals surface area contributed by atoms with E-state index in [0.29, 0.717) is 0 Å². The molecule has 3 nitrogen and oxygen atoms in total. The number of rotatable bonds is 4. The molecule has 0 spiro atoms. The minimum absolute atomic E-state index is 0.0124. The SMILES string of the molecule is Cc1ccc(S(=O)(=O)OCc2cccc(C)c2Br)cc1. The van der Waals surface area contributed by atoms with Gasteiger partial charge in [-0.15, -0.1) is 0 Å². The zero-order valence-corrected chi connectivity index (χ0v) is 13.7. The van der Waals surface area contributed by atoms with E-state index in [9.17, 15) is 8.42 Å². The maximum absolute atomic E-state index is 12.1. The Hall–Kier alpha value is -1.17. The van der Waals surface area contributed by atoms with E-state index in [2.05, 4.69) is 15.9 Å². The van der Waals surface area contributed by atoms with Crippen LogP contribution in [0, 0.1) is 13.8 Å². The van der Waals surface area contributed by atoms with E-state index < -0.39 is 10.1 Å². The molecule has 0 N–H and O–H groups in total. The third kappa shape index (κ3) is 3.48. The minimum atomic E-state index is -3.73. The summed E-state index contributed by atoms with van der Waals surface area (Å²) in [6.07, 6.45) is 0. The highest BCUT2D eigenvalue weighted by atomic mass is 79.9.